The molecule has 1 aliphatic rings. The van der Waals surface area contributed by atoms with Gasteiger partial charge in [-0.2, -0.15) is 5.10 Å². The third kappa shape index (κ3) is 2.46. The molecule has 2 heterocycles. The van der Waals surface area contributed by atoms with Crippen LogP contribution in [0.3, 0.4) is 0 Å². The highest BCUT2D eigenvalue weighted by molar-refractivity contribution is 5.86. The van der Waals surface area contributed by atoms with E-state index in [4.69, 9.17) is 5.11 Å². The highest BCUT2D eigenvalue weighted by Gasteiger charge is 2.34. The second kappa shape index (κ2) is 4.57. The molecule has 0 radical (unpaired) electrons. The van der Waals surface area contributed by atoms with Gasteiger partial charge in [-0.1, -0.05) is 0 Å². The van der Waals surface area contributed by atoms with Crippen LogP contribution in [0, 0.1) is 5.92 Å². The Balaban J connectivity index is 2.00. The van der Waals surface area contributed by atoms with Gasteiger partial charge in [0.2, 0.25) is 5.91 Å². The summed E-state index contributed by atoms with van der Waals surface area (Å²) in [4.78, 5) is 24.0. The van der Waals surface area contributed by atoms with Crippen LogP contribution in [0.4, 0.5) is 0 Å². The van der Waals surface area contributed by atoms with Gasteiger partial charge in [-0.3, -0.25) is 14.3 Å². The minimum Gasteiger partial charge on any atom is -0.481 e. The number of aryl methyl sites for hydroxylation is 1. The maximum atomic E-state index is 11.6. The summed E-state index contributed by atoms with van der Waals surface area (Å²) >= 11 is 0. The van der Waals surface area contributed by atoms with Crippen LogP contribution >= 0.6 is 0 Å². The third-order valence-corrected chi connectivity index (χ3v) is 2.95. The van der Waals surface area contributed by atoms with Crippen molar-refractivity contribution in [2.45, 2.75) is 26.4 Å². The van der Waals surface area contributed by atoms with E-state index < -0.39 is 11.9 Å². The Bertz CT molecular complexity index is 441. The lowest BCUT2D eigenvalue weighted by Crippen LogP contribution is -2.25. The average molecular weight is 237 g/mol. The van der Waals surface area contributed by atoms with E-state index in [0.717, 1.165) is 12.1 Å². The van der Waals surface area contributed by atoms with Crippen LogP contribution in [0.15, 0.2) is 12.4 Å². The van der Waals surface area contributed by atoms with Crippen molar-refractivity contribution in [3.63, 3.8) is 0 Å². The maximum absolute atomic E-state index is 11.6. The molecule has 1 amide bonds. The molecule has 1 unspecified atom stereocenters. The summed E-state index contributed by atoms with van der Waals surface area (Å²) < 4.78 is 1.78. The van der Waals surface area contributed by atoms with Gasteiger partial charge >= 0.3 is 5.97 Å². The third-order valence-electron chi connectivity index (χ3n) is 2.95. The van der Waals surface area contributed by atoms with Gasteiger partial charge in [0.05, 0.1) is 12.1 Å². The number of likely N-dealkylation sites (tertiary alicyclic amines) is 1. The quantitative estimate of drug-likeness (QED) is 0.819. The monoisotopic (exact) mass is 237 g/mol. The van der Waals surface area contributed by atoms with Gasteiger partial charge in [-0.15, -0.1) is 0 Å². The number of hydrogen-bond donors (Lipinski definition) is 1. The van der Waals surface area contributed by atoms with E-state index in [2.05, 4.69) is 5.10 Å². The summed E-state index contributed by atoms with van der Waals surface area (Å²) in [5.74, 6) is -1.56. The predicted octanol–water partition coefficient (Wildman–Crippen LogP) is 0.336. The van der Waals surface area contributed by atoms with Crippen molar-refractivity contribution in [2.24, 2.45) is 5.92 Å². The zero-order valence-corrected chi connectivity index (χ0v) is 9.67. The Morgan fingerprint density at radius 2 is 2.41 bits per heavy atom. The van der Waals surface area contributed by atoms with Crippen molar-refractivity contribution in [3.05, 3.63) is 18.0 Å². The molecular formula is C11H15N3O3. The number of nitrogens with zero attached hydrogens (tertiary/aromatic N) is 3. The second-order valence-electron chi connectivity index (χ2n) is 4.22. The zero-order valence-electron chi connectivity index (χ0n) is 9.67. The maximum Gasteiger partial charge on any atom is 0.308 e. The molecule has 1 fully saturated rings. The highest BCUT2D eigenvalue weighted by atomic mass is 16.4. The molecule has 1 aromatic heterocycles. The molecule has 0 aromatic carbocycles. The molecule has 0 saturated carbocycles. The first-order valence-corrected chi connectivity index (χ1v) is 5.62. The van der Waals surface area contributed by atoms with E-state index in [9.17, 15) is 9.59 Å². The molecule has 17 heavy (non-hydrogen) atoms. The average Bonchev–Trinajstić information content (AvgIpc) is 2.87. The van der Waals surface area contributed by atoms with E-state index in [-0.39, 0.29) is 12.3 Å². The molecule has 92 valence electrons. The Labute approximate surface area is 98.8 Å². The number of hydrogen-bond acceptors (Lipinski definition) is 3. The van der Waals surface area contributed by atoms with Crippen LogP contribution in [-0.4, -0.2) is 38.2 Å². The number of carboxylic acids is 1. The summed E-state index contributed by atoms with van der Waals surface area (Å²) in [5.41, 5.74) is 0.936. The summed E-state index contributed by atoms with van der Waals surface area (Å²) in [5, 5.41) is 13.0. The van der Waals surface area contributed by atoms with Crippen LogP contribution < -0.4 is 0 Å². The second-order valence-corrected chi connectivity index (χ2v) is 4.22. The standard InChI is InChI=1S/C11H15N3O3/c1-2-14-6-8(4-12-14)5-13-7-9(11(16)17)3-10(13)15/h4,6,9H,2-3,5,7H2,1H3,(H,16,17). The Morgan fingerprint density at radius 3 is 2.94 bits per heavy atom. The minimum atomic E-state index is -0.898. The Hall–Kier alpha value is -1.85. The number of amides is 1. The van der Waals surface area contributed by atoms with Gasteiger partial charge in [-0.25, -0.2) is 0 Å². The van der Waals surface area contributed by atoms with Crippen LogP contribution in [0.5, 0.6) is 0 Å². The molecule has 6 nitrogen and oxygen atoms in total. The largest absolute Gasteiger partial charge is 0.481 e. The Kier molecular flexibility index (Phi) is 3.12. The number of aromatic nitrogens is 2. The van der Waals surface area contributed by atoms with Crippen molar-refractivity contribution in [3.8, 4) is 0 Å². The van der Waals surface area contributed by atoms with E-state index in [0.29, 0.717) is 13.1 Å². The van der Waals surface area contributed by atoms with E-state index in [1.54, 1.807) is 15.8 Å². The zero-order chi connectivity index (χ0) is 12.4. The molecule has 1 saturated heterocycles. The van der Waals surface area contributed by atoms with Crippen LogP contribution in [0.2, 0.25) is 0 Å². The summed E-state index contributed by atoms with van der Waals surface area (Å²) in [6.07, 6.45) is 3.70. The lowest BCUT2D eigenvalue weighted by molar-refractivity contribution is -0.141. The molecule has 0 spiro atoms. The summed E-state index contributed by atoms with van der Waals surface area (Å²) in [6, 6.07) is 0. The normalized spacial score (nSPS) is 19.9. The van der Waals surface area contributed by atoms with Gasteiger partial charge in [0.15, 0.2) is 0 Å². The number of carbonyl (C=O) groups is 2. The molecule has 6 heteroatoms. The number of aliphatic carboxylic acids is 1. The summed E-state index contributed by atoms with van der Waals surface area (Å²) in [7, 11) is 0. The van der Waals surface area contributed by atoms with E-state index in [1.807, 2.05) is 13.1 Å². The van der Waals surface area contributed by atoms with Gasteiger partial charge < -0.3 is 10.0 Å². The number of carboxylic acid groups (broad SMARTS) is 1. The first kappa shape index (κ1) is 11.6. The van der Waals surface area contributed by atoms with Gasteiger partial charge in [0.25, 0.3) is 0 Å². The fraction of sp³-hybridized carbons (Fsp3) is 0.545. The fourth-order valence-corrected chi connectivity index (χ4v) is 1.97. The topological polar surface area (TPSA) is 75.4 Å². The smallest absolute Gasteiger partial charge is 0.308 e. The predicted molar refractivity (Wildman–Crippen MR) is 59.1 cm³/mol. The SMILES string of the molecule is CCn1cc(CN2CC(C(=O)O)CC2=O)cn1. The van der Waals surface area contributed by atoms with Crippen molar-refractivity contribution < 1.29 is 14.7 Å². The van der Waals surface area contributed by atoms with Crippen molar-refractivity contribution in [2.75, 3.05) is 6.54 Å². The van der Waals surface area contributed by atoms with Gasteiger partial charge in [0.1, 0.15) is 0 Å². The highest BCUT2D eigenvalue weighted by Crippen LogP contribution is 2.20. The summed E-state index contributed by atoms with van der Waals surface area (Å²) in [6.45, 7) is 3.51. The molecule has 1 aromatic rings. The van der Waals surface area contributed by atoms with Crippen LogP contribution in [-0.2, 0) is 22.7 Å². The number of rotatable bonds is 4. The van der Waals surface area contributed by atoms with Crippen LogP contribution in [0.1, 0.15) is 18.9 Å². The molecule has 0 aliphatic carbocycles. The Morgan fingerprint density at radius 1 is 1.65 bits per heavy atom. The van der Waals surface area contributed by atoms with E-state index in [1.165, 1.54) is 0 Å². The van der Waals surface area contributed by atoms with Crippen molar-refractivity contribution in [1.82, 2.24) is 14.7 Å². The fourth-order valence-electron chi connectivity index (χ4n) is 1.97. The minimum absolute atomic E-state index is 0.0957. The van der Waals surface area contributed by atoms with E-state index >= 15 is 0 Å². The van der Waals surface area contributed by atoms with Crippen molar-refractivity contribution in [1.29, 1.82) is 0 Å². The lowest BCUT2D eigenvalue weighted by atomic mass is 10.1. The van der Waals surface area contributed by atoms with Gasteiger partial charge in [-0.05, 0) is 6.92 Å². The first-order chi connectivity index (χ1) is 8.10. The first-order valence-electron chi connectivity index (χ1n) is 5.62. The van der Waals surface area contributed by atoms with Gasteiger partial charge in [0, 0.05) is 37.8 Å². The molecule has 1 N–H and O–H groups in total. The van der Waals surface area contributed by atoms with Crippen LogP contribution in [0.25, 0.3) is 0 Å². The lowest BCUT2D eigenvalue weighted by Gasteiger charge is -2.14. The molecular weight excluding hydrogens is 222 g/mol. The number of carbonyl (C=O) groups excluding carboxylic acids is 1. The molecule has 2 rings (SSSR count). The van der Waals surface area contributed by atoms with Crippen molar-refractivity contribution >= 4 is 11.9 Å². The molecule has 0 bridgehead atoms. The molecule has 1 atom stereocenters. The molecule has 1 aliphatic heterocycles.